The van der Waals surface area contributed by atoms with E-state index in [1.807, 2.05) is 18.5 Å². The summed E-state index contributed by atoms with van der Waals surface area (Å²) in [6.45, 7) is 1.86. The van der Waals surface area contributed by atoms with Gasteiger partial charge in [-0.05, 0) is 25.1 Å². The van der Waals surface area contributed by atoms with Gasteiger partial charge in [0.15, 0.2) is 0 Å². The second kappa shape index (κ2) is 4.19. The molecule has 3 rings (SSSR count). The Kier molecular flexibility index (Phi) is 2.60. The van der Waals surface area contributed by atoms with Crippen LogP contribution in [0.5, 0.6) is 0 Å². The van der Waals surface area contributed by atoms with Crippen molar-refractivity contribution in [2.24, 2.45) is 7.05 Å². The van der Waals surface area contributed by atoms with Crippen LogP contribution in [0.1, 0.15) is 16.1 Å². The van der Waals surface area contributed by atoms with Crippen molar-refractivity contribution >= 4 is 16.9 Å². The second-order valence-corrected chi connectivity index (χ2v) is 4.64. The van der Waals surface area contributed by atoms with Crippen molar-refractivity contribution in [2.75, 3.05) is 0 Å². The van der Waals surface area contributed by atoms with E-state index in [4.69, 9.17) is 0 Å². The number of carboxylic acid groups (broad SMARTS) is 1. The Labute approximate surface area is 113 Å². The number of nitrogens with one attached hydrogen (secondary N) is 1. The Morgan fingerprint density at radius 3 is 2.90 bits per heavy atom. The first-order valence-corrected chi connectivity index (χ1v) is 6.02. The van der Waals surface area contributed by atoms with Crippen molar-refractivity contribution < 1.29 is 14.3 Å². The fourth-order valence-corrected chi connectivity index (χ4v) is 2.49. The zero-order chi connectivity index (χ0) is 14.4. The van der Waals surface area contributed by atoms with Gasteiger partial charge in [0.05, 0.1) is 17.4 Å². The van der Waals surface area contributed by atoms with Crippen molar-refractivity contribution in [2.45, 2.75) is 6.92 Å². The predicted octanol–water partition coefficient (Wildman–Crippen LogP) is 2.71. The number of halogens is 1. The number of carbonyl (C=O) groups is 1. The second-order valence-electron chi connectivity index (χ2n) is 4.64. The molecule has 0 spiro atoms. The number of nitrogens with zero attached hydrogens (tertiary/aromatic N) is 2. The first-order chi connectivity index (χ1) is 9.50. The highest BCUT2D eigenvalue weighted by Gasteiger charge is 2.21. The molecule has 0 fully saturated rings. The van der Waals surface area contributed by atoms with E-state index >= 15 is 0 Å². The minimum absolute atomic E-state index is 0.102. The van der Waals surface area contributed by atoms with Gasteiger partial charge < -0.3 is 9.67 Å². The molecule has 0 saturated heterocycles. The number of aromatic carboxylic acids is 1. The monoisotopic (exact) mass is 273 g/mol. The molecule has 102 valence electrons. The van der Waals surface area contributed by atoms with Crippen LogP contribution in [0.15, 0.2) is 24.4 Å². The number of rotatable bonds is 2. The predicted molar refractivity (Wildman–Crippen MR) is 72.2 cm³/mol. The molecule has 2 aromatic heterocycles. The third-order valence-corrected chi connectivity index (χ3v) is 3.58. The van der Waals surface area contributed by atoms with Gasteiger partial charge in [0.2, 0.25) is 0 Å². The van der Waals surface area contributed by atoms with Crippen LogP contribution in [-0.2, 0) is 7.05 Å². The summed E-state index contributed by atoms with van der Waals surface area (Å²) in [6.07, 6.45) is 1.28. The molecule has 6 heteroatoms. The highest BCUT2D eigenvalue weighted by atomic mass is 19.1. The minimum atomic E-state index is -1.05. The maximum atomic E-state index is 13.4. The van der Waals surface area contributed by atoms with Gasteiger partial charge in [-0.15, -0.1) is 0 Å². The molecule has 0 atom stereocenters. The van der Waals surface area contributed by atoms with E-state index in [0.29, 0.717) is 11.2 Å². The van der Waals surface area contributed by atoms with Crippen LogP contribution in [0, 0.1) is 12.7 Å². The standard InChI is InChI=1S/C14H12FN3O2/c1-7-12(13-10(14(19)20)6-16-17-13)9-4-3-8(15)5-11(9)18(7)2/h3-6H,1-2H3,(H,16,17)(H,19,20). The van der Waals surface area contributed by atoms with Gasteiger partial charge in [0.25, 0.3) is 0 Å². The SMILES string of the molecule is Cc1c(-c2[nH]ncc2C(=O)O)c2ccc(F)cc2n1C. The van der Waals surface area contributed by atoms with E-state index in [2.05, 4.69) is 10.2 Å². The number of hydrogen-bond acceptors (Lipinski definition) is 2. The summed E-state index contributed by atoms with van der Waals surface area (Å²) in [5, 5.41) is 16.5. The Hall–Kier alpha value is -2.63. The Morgan fingerprint density at radius 1 is 1.45 bits per heavy atom. The van der Waals surface area contributed by atoms with Crippen molar-refractivity contribution in [1.29, 1.82) is 0 Å². The van der Waals surface area contributed by atoms with Crippen LogP contribution in [0.4, 0.5) is 4.39 Å². The lowest BCUT2D eigenvalue weighted by Crippen LogP contribution is -1.98. The summed E-state index contributed by atoms with van der Waals surface area (Å²) in [5.74, 6) is -1.38. The summed E-state index contributed by atoms with van der Waals surface area (Å²) in [5.41, 5.74) is 2.83. The molecular weight excluding hydrogens is 261 g/mol. The van der Waals surface area contributed by atoms with E-state index in [1.165, 1.54) is 18.3 Å². The molecule has 0 amide bonds. The third-order valence-electron chi connectivity index (χ3n) is 3.58. The first-order valence-electron chi connectivity index (χ1n) is 6.02. The summed E-state index contributed by atoms with van der Waals surface area (Å²) in [7, 11) is 1.82. The number of aromatic amines is 1. The largest absolute Gasteiger partial charge is 0.478 e. The van der Waals surface area contributed by atoms with Gasteiger partial charge in [-0.25, -0.2) is 9.18 Å². The molecule has 0 unspecified atom stereocenters. The number of H-pyrrole nitrogens is 1. The van der Waals surface area contributed by atoms with Gasteiger partial charge in [0.1, 0.15) is 11.4 Å². The lowest BCUT2D eigenvalue weighted by atomic mass is 10.0. The zero-order valence-corrected chi connectivity index (χ0v) is 10.9. The van der Waals surface area contributed by atoms with Crippen molar-refractivity contribution in [1.82, 2.24) is 14.8 Å². The van der Waals surface area contributed by atoms with Gasteiger partial charge in [-0.3, -0.25) is 5.10 Å². The van der Waals surface area contributed by atoms with Crippen LogP contribution in [-0.4, -0.2) is 25.8 Å². The van der Waals surface area contributed by atoms with E-state index in [9.17, 15) is 14.3 Å². The first kappa shape index (κ1) is 12.4. The van der Waals surface area contributed by atoms with Crippen LogP contribution in [0.25, 0.3) is 22.2 Å². The summed E-state index contributed by atoms with van der Waals surface area (Å²) < 4.78 is 15.2. The highest BCUT2D eigenvalue weighted by molar-refractivity contribution is 6.03. The topological polar surface area (TPSA) is 70.9 Å². The van der Waals surface area contributed by atoms with Gasteiger partial charge in [-0.2, -0.15) is 5.10 Å². The normalized spacial score (nSPS) is 11.2. The highest BCUT2D eigenvalue weighted by Crippen LogP contribution is 2.34. The number of benzene rings is 1. The molecule has 0 aliphatic rings. The average Bonchev–Trinajstić information content (AvgIpc) is 2.96. The molecule has 0 aliphatic heterocycles. The summed E-state index contributed by atoms with van der Waals surface area (Å²) >= 11 is 0. The molecule has 0 aliphatic carbocycles. The smallest absolute Gasteiger partial charge is 0.339 e. The molecule has 20 heavy (non-hydrogen) atoms. The lowest BCUT2D eigenvalue weighted by molar-refractivity contribution is 0.0698. The summed E-state index contributed by atoms with van der Waals surface area (Å²) in [4.78, 5) is 11.2. The number of carboxylic acids is 1. The lowest BCUT2D eigenvalue weighted by Gasteiger charge is -2.01. The van der Waals surface area contributed by atoms with E-state index in [0.717, 1.165) is 16.6 Å². The molecule has 2 heterocycles. The van der Waals surface area contributed by atoms with Crippen molar-refractivity contribution in [3.05, 3.63) is 41.5 Å². The minimum Gasteiger partial charge on any atom is -0.478 e. The van der Waals surface area contributed by atoms with Crippen LogP contribution >= 0.6 is 0 Å². The van der Waals surface area contributed by atoms with Crippen molar-refractivity contribution in [3.8, 4) is 11.3 Å². The molecule has 2 N–H and O–H groups in total. The van der Waals surface area contributed by atoms with Gasteiger partial charge >= 0.3 is 5.97 Å². The van der Waals surface area contributed by atoms with Crippen LogP contribution < -0.4 is 0 Å². The Morgan fingerprint density at radius 2 is 2.20 bits per heavy atom. The molecule has 3 aromatic rings. The number of hydrogen-bond donors (Lipinski definition) is 2. The maximum Gasteiger partial charge on any atom is 0.339 e. The van der Waals surface area contributed by atoms with E-state index in [1.54, 1.807) is 6.07 Å². The summed E-state index contributed by atoms with van der Waals surface area (Å²) in [6, 6.07) is 4.45. The molecule has 0 saturated carbocycles. The number of fused-ring (bicyclic) bond motifs is 1. The van der Waals surface area contributed by atoms with Crippen LogP contribution in [0.2, 0.25) is 0 Å². The molecule has 0 radical (unpaired) electrons. The number of aromatic nitrogens is 3. The fourth-order valence-electron chi connectivity index (χ4n) is 2.49. The zero-order valence-electron chi connectivity index (χ0n) is 10.9. The van der Waals surface area contributed by atoms with E-state index < -0.39 is 5.97 Å². The Balaban J connectivity index is 2.39. The van der Waals surface area contributed by atoms with E-state index in [-0.39, 0.29) is 11.4 Å². The molecular formula is C14H12FN3O2. The number of aryl methyl sites for hydroxylation is 1. The fraction of sp³-hybridized carbons (Fsp3) is 0.143. The average molecular weight is 273 g/mol. The molecule has 0 bridgehead atoms. The quantitative estimate of drug-likeness (QED) is 0.754. The van der Waals surface area contributed by atoms with Gasteiger partial charge in [0, 0.05) is 23.7 Å². The van der Waals surface area contributed by atoms with Gasteiger partial charge in [-0.1, -0.05) is 0 Å². The van der Waals surface area contributed by atoms with Crippen molar-refractivity contribution in [3.63, 3.8) is 0 Å². The molecule has 1 aromatic carbocycles. The maximum absolute atomic E-state index is 13.4. The molecule has 5 nitrogen and oxygen atoms in total. The van der Waals surface area contributed by atoms with Crippen LogP contribution in [0.3, 0.4) is 0 Å². The Bertz CT molecular complexity index is 832. The third kappa shape index (κ3) is 1.61.